The van der Waals surface area contributed by atoms with Gasteiger partial charge < -0.3 is 10.2 Å². The molecular formula is C17H33ClN2. The molecule has 2 atom stereocenters. The first-order chi connectivity index (χ1) is 9.12. The van der Waals surface area contributed by atoms with Crippen LogP contribution in [0.1, 0.15) is 58.8 Å². The normalized spacial score (nSPS) is 37.8. The summed E-state index contributed by atoms with van der Waals surface area (Å²) >= 11 is 0. The Balaban J connectivity index is 0.00000147. The van der Waals surface area contributed by atoms with Gasteiger partial charge in [-0.3, -0.25) is 0 Å². The minimum Gasteiger partial charge on any atom is -0.316 e. The van der Waals surface area contributed by atoms with Crippen LogP contribution in [0.3, 0.4) is 0 Å². The predicted octanol–water partition coefficient (Wildman–Crippen LogP) is 3.70. The van der Waals surface area contributed by atoms with Gasteiger partial charge in [0.25, 0.3) is 0 Å². The molecule has 3 rings (SSSR count). The number of hydrogen-bond acceptors (Lipinski definition) is 2. The van der Waals surface area contributed by atoms with E-state index in [0.29, 0.717) is 10.8 Å². The van der Waals surface area contributed by atoms with Crippen LogP contribution in [0.5, 0.6) is 0 Å². The molecule has 3 heteroatoms. The number of halogens is 1. The lowest BCUT2D eigenvalue weighted by atomic mass is 9.63. The molecule has 2 heterocycles. The Bertz CT molecular complexity index is 306. The smallest absolute Gasteiger partial charge is 0.00482 e. The molecule has 0 aromatic carbocycles. The molecule has 2 unspecified atom stereocenters. The zero-order valence-corrected chi connectivity index (χ0v) is 14.2. The van der Waals surface area contributed by atoms with Crippen LogP contribution in [-0.4, -0.2) is 37.6 Å². The van der Waals surface area contributed by atoms with Gasteiger partial charge in [0.05, 0.1) is 0 Å². The van der Waals surface area contributed by atoms with Crippen LogP contribution >= 0.6 is 12.4 Å². The van der Waals surface area contributed by atoms with Gasteiger partial charge in [0.15, 0.2) is 0 Å². The van der Waals surface area contributed by atoms with E-state index < -0.39 is 0 Å². The van der Waals surface area contributed by atoms with E-state index in [9.17, 15) is 0 Å². The first-order valence-corrected chi connectivity index (χ1v) is 8.55. The average Bonchev–Trinajstić information content (AvgIpc) is 2.82. The van der Waals surface area contributed by atoms with Crippen molar-refractivity contribution in [2.24, 2.45) is 16.7 Å². The summed E-state index contributed by atoms with van der Waals surface area (Å²) in [6.45, 7) is 11.5. The first-order valence-electron chi connectivity index (χ1n) is 8.55. The first kappa shape index (κ1) is 16.6. The molecular weight excluding hydrogens is 268 g/mol. The zero-order valence-electron chi connectivity index (χ0n) is 13.4. The number of nitrogens with zero attached hydrogens (tertiary/aromatic N) is 1. The third kappa shape index (κ3) is 3.34. The lowest BCUT2D eigenvalue weighted by Gasteiger charge is -2.51. The second-order valence-electron chi connectivity index (χ2n) is 8.06. The number of hydrogen-bond donors (Lipinski definition) is 1. The highest BCUT2D eigenvalue weighted by Crippen LogP contribution is 2.47. The Morgan fingerprint density at radius 3 is 2.55 bits per heavy atom. The lowest BCUT2D eigenvalue weighted by molar-refractivity contribution is -0.00951. The van der Waals surface area contributed by atoms with E-state index in [1.54, 1.807) is 0 Å². The summed E-state index contributed by atoms with van der Waals surface area (Å²) in [5, 5.41) is 3.56. The summed E-state index contributed by atoms with van der Waals surface area (Å²) in [5.74, 6) is 0.957. The van der Waals surface area contributed by atoms with E-state index in [0.717, 1.165) is 5.92 Å². The Morgan fingerprint density at radius 1 is 1.15 bits per heavy atom. The molecule has 1 spiro atoms. The second-order valence-corrected chi connectivity index (χ2v) is 8.06. The molecule has 0 amide bonds. The molecule has 1 N–H and O–H groups in total. The van der Waals surface area contributed by atoms with Crippen molar-refractivity contribution in [2.75, 3.05) is 32.7 Å². The van der Waals surface area contributed by atoms with Gasteiger partial charge in [0, 0.05) is 19.6 Å². The van der Waals surface area contributed by atoms with Crippen molar-refractivity contribution >= 4 is 12.4 Å². The number of nitrogens with one attached hydrogen (secondary N) is 1. The van der Waals surface area contributed by atoms with Crippen molar-refractivity contribution in [3.8, 4) is 0 Å². The third-order valence-electron chi connectivity index (χ3n) is 6.37. The van der Waals surface area contributed by atoms with E-state index in [1.165, 1.54) is 77.7 Å². The zero-order chi connectivity index (χ0) is 13.3. The molecule has 0 aromatic heterocycles. The van der Waals surface area contributed by atoms with Crippen LogP contribution in [0.2, 0.25) is 0 Å². The van der Waals surface area contributed by atoms with Gasteiger partial charge in [-0.15, -0.1) is 12.4 Å². The molecule has 3 fully saturated rings. The minimum absolute atomic E-state index is 0. The molecule has 0 aromatic rings. The van der Waals surface area contributed by atoms with Crippen molar-refractivity contribution in [3.63, 3.8) is 0 Å². The van der Waals surface area contributed by atoms with Gasteiger partial charge in [0.1, 0.15) is 0 Å². The molecule has 118 valence electrons. The quantitative estimate of drug-likeness (QED) is 0.836. The third-order valence-corrected chi connectivity index (χ3v) is 6.37. The summed E-state index contributed by atoms with van der Waals surface area (Å²) < 4.78 is 0. The maximum absolute atomic E-state index is 3.56. The minimum atomic E-state index is 0. The van der Waals surface area contributed by atoms with Crippen LogP contribution < -0.4 is 5.32 Å². The molecule has 1 aliphatic carbocycles. The Kier molecular flexibility index (Phi) is 5.42. The predicted molar refractivity (Wildman–Crippen MR) is 88.6 cm³/mol. The summed E-state index contributed by atoms with van der Waals surface area (Å²) in [6, 6.07) is 0. The maximum Gasteiger partial charge on any atom is 0.00482 e. The van der Waals surface area contributed by atoms with Crippen molar-refractivity contribution in [1.82, 2.24) is 10.2 Å². The van der Waals surface area contributed by atoms with Crippen molar-refractivity contribution in [3.05, 3.63) is 0 Å². The summed E-state index contributed by atoms with van der Waals surface area (Å²) in [7, 11) is 0. The SMILES string of the molecule is CC1CCN(CC2(C)CCNC2)CC12CCCCC2.Cl. The van der Waals surface area contributed by atoms with Crippen LogP contribution in [0.4, 0.5) is 0 Å². The van der Waals surface area contributed by atoms with Gasteiger partial charge >= 0.3 is 0 Å². The van der Waals surface area contributed by atoms with Crippen LogP contribution in [0.25, 0.3) is 0 Å². The monoisotopic (exact) mass is 300 g/mol. The molecule has 3 aliphatic rings. The lowest BCUT2D eigenvalue weighted by Crippen LogP contribution is -2.51. The van der Waals surface area contributed by atoms with E-state index in [1.807, 2.05) is 0 Å². The second kappa shape index (κ2) is 6.54. The topological polar surface area (TPSA) is 15.3 Å². The molecule has 1 saturated carbocycles. The number of piperidine rings is 1. The fourth-order valence-corrected chi connectivity index (χ4v) is 4.95. The van der Waals surface area contributed by atoms with E-state index >= 15 is 0 Å². The fourth-order valence-electron chi connectivity index (χ4n) is 4.95. The highest BCUT2D eigenvalue weighted by molar-refractivity contribution is 5.85. The molecule has 20 heavy (non-hydrogen) atoms. The average molecular weight is 301 g/mol. The number of rotatable bonds is 2. The molecule has 0 bridgehead atoms. The van der Waals surface area contributed by atoms with Gasteiger partial charge in [0.2, 0.25) is 0 Å². The van der Waals surface area contributed by atoms with E-state index in [-0.39, 0.29) is 12.4 Å². The Morgan fingerprint density at radius 2 is 1.90 bits per heavy atom. The highest BCUT2D eigenvalue weighted by Gasteiger charge is 2.43. The summed E-state index contributed by atoms with van der Waals surface area (Å²) in [5.41, 5.74) is 1.22. The van der Waals surface area contributed by atoms with Crippen molar-refractivity contribution in [2.45, 2.75) is 58.8 Å². The molecule has 2 saturated heterocycles. The maximum atomic E-state index is 3.56. The largest absolute Gasteiger partial charge is 0.316 e. The van der Waals surface area contributed by atoms with E-state index in [4.69, 9.17) is 0 Å². The summed E-state index contributed by atoms with van der Waals surface area (Å²) in [4.78, 5) is 2.82. The van der Waals surface area contributed by atoms with Crippen molar-refractivity contribution in [1.29, 1.82) is 0 Å². The summed E-state index contributed by atoms with van der Waals surface area (Å²) in [6.07, 6.45) is 10.2. The van der Waals surface area contributed by atoms with Gasteiger partial charge in [-0.05, 0) is 55.5 Å². The fraction of sp³-hybridized carbons (Fsp3) is 1.00. The molecule has 2 nitrogen and oxygen atoms in total. The molecule has 2 aliphatic heterocycles. The van der Waals surface area contributed by atoms with Gasteiger partial charge in [-0.1, -0.05) is 33.1 Å². The van der Waals surface area contributed by atoms with Crippen molar-refractivity contribution < 1.29 is 0 Å². The Hall–Kier alpha value is 0.210. The Labute approximate surface area is 131 Å². The van der Waals surface area contributed by atoms with Gasteiger partial charge in [-0.2, -0.15) is 0 Å². The van der Waals surface area contributed by atoms with E-state index in [2.05, 4.69) is 24.1 Å². The van der Waals surface area contributed by atoms with Gasteiger partial charge in [-0.25, -0.2) is 0 Å². The van der Waals surface area contributed by atoms with Crippen LogP contribution in [0, 0.1) is 16.7 Å². The number of likely N-dealkylation sites (tertiary alicyclic amines) is 1. The van der Waals surface area contributed by atoms with Crippen LogP contribution in [-0.2, 0) is 0 Å². The highest BCUT2D eigenvalue weighted by atomic mass is 35.5. The standard InChI is InChI=1S/C17H32N2.ClH/c1-15-6-11-19(13-16(2)9-10-18-12-16)14-17(15)7-4-3-5-8-17;/h15,18H,3-14H2,1-2H3;1H. The molecule has 0 radical (unpaired) electrons. The van der Waals surface area contributed by atoms with Crippen LogP contribution in [0.15, 0.2) is 0 Å².